The Labute approximate surface area is 262 Å². The highest BCUT2D eigenvalue weighted by molar-refractivity contribution is 7.46. The van der Waals surface area contributed by atoms with Gasteiger partial charge in [0.2, 0.25) is 0 Å². The maximum absolute atomic E-state index is 12.4. The fourth-order valence-corrected chi connectivity index (χ4v) is 6.77. The first kappa shape index (κ1) is 36.9. The first-order chi connectivity index (χ1) is 20.9. The highest BCUT2D eigenvalue weighted by Gasteiger charge is 2.48. The number of benzene rings is 1. The van der Waals surface area contributed by atoms with Crippen LogP contribution in [0.4, 0.5) is 0 Å². The molecule has 1 aliphatic heterocycles. The Kier molecular flexibility index (Phi) is 15.1. The Bertz CT molecular complexity index is 1050. The van der Waals surface area contributed by atoms with E-state index in [4.69, 9.17) is 24.0 Å². The average Bonchev–Trinajstić information content (AvgIpc) is 3.46. The van der Waals surface area contributed by atoms with Gasteiger partial charge in [0, 0.05) is 18.4 Å². The van der Waals surface area contributed by atoms with Crippen molar-refractivity contribution in [2.75, 3.05) is 34.0 Å². The average molecular weight is 645 g/mol. The number of nitrogens with zero attached hydrogens (tertiary/aromatic N) is 1. The number of carbonyl (C=O) groups is 1. The standard InChI is InChI=1S/C32H54NO10P/c1-4-5-6-12-25(34)16-17-27-28-20-26(43-31(28)21-29(27)35)13-8-10-15-32(36)40-19-18-33(2,3)22-24-11-7-9-14-30(24)41-23-42-44(37,38)39/h7,9,11,14,25-29,31,34-35H,4-6,8,10,12-13,15-23H2,1-3H3,(H-,37,38,39)/p+1/t25-,26+,27+,28+,29+,31-/m0/s1. The van der Waals surface area contributed by atoms with E-state index in [-0.39, 0.29) is 42.9 Å². The number of phosphoric acid groups is 1. The summed E-state index contributed by atoms with van der Waals surface area (Å²) >= 11 is 0. The van der Waals surface area contributed by atoms with Gasteiger partial charge in [-0.3, -0.25) is 4.79 Å². The lowest BCUT2D eigenvalue weighted by molar-refractivity contribution is -0.903. The summed E-state index contributed by atoms with van der Waals surface area (Å²) in [5.74, 6) is 0.817. The van der Waals surface area contributed by atoms with Gasteiger partial charge in [0.05, 0.1) is 38.5 Å². The molecular weight excluding hydrogens is 589 g/mol. The van der Waals surface area contributed by atoms with E-state index in [0.29, 0.717) is 42.1 Å². The lowest BCUT2D eigenvalue weighted by atomic mass is 9.85. The molecule has 1 saturated carbocycles. The van der Waals surface area contributed by atoms with Crippen molar-refractivity contribution in [1.29, 1.82) is 0 Å². The number of para-hydroxylation sites is 1. The number of aliphatic hydroxyl groups is 2. The largest absolute Gasteiger partial charge is 0.472 e. The number of hydrogen-bond acceptors (Lipinski definition) is 8. The molecule has 0 unspecified atom stereocenters. The third-order valence-corrected chi connectivity index (χ3v) is 9.44. The Morgan fingerprint density at radius 3 is 2.61 bits per heavy atom. The number of ether oxygens (including phenoxy) is 3. The van der Waals surface area contributed by atoms with E-state index >= 15 is 0 Å². The van der Waals surface area contributed by atoms with E-state index in [0.717, 1.165) is 69.8 Å². The molecule has 12 heteroatoms. The van der Waals surface area contributed by atoms with Crippen LogP contribution in [-0.4, -0.2) is 88.9 Å². The van der Waals surface area contributed by atoms with Crippen molar-refractivity contribution < 1.29 is 52.6 Å². The number of esters is 1. The number of aliphatic hydroxyl groups excluding tert-OH is 2. The molecule has 1 saturated heterocycles. The van der Waals surface area contributed by atoms with Gasteiger partial charge in [-0.25, -0.2) is 9.09 Å². The second-order valence-electron chi connectivity index (χ2n) is 13.2. The topological polar surface area (TPSA) is 152 Å². The first-order valence-corrected chi connectivity index (χ1v) is 17.8. The molecule has 0 aromatic heterocycles. The molecule has 0 radical (unpaired) electrons. The van der Waals surface area contributed by atoms with E-state index in [1.807, 2.05) is 26.2 Å². The molecule has 0 bridgehead atoms. The van der Waals surface area contributed by atoms with Crippen molar-refractivity contribution in [1.82, 2.24) is 0 Å². The molecule has 0 spiro atoms. The fraction of sp³-hybridized carbons (Fsp3) is 0.781. The van der Waals surface area contributed by atoms with Crippen LogP contribution in [0, 0.1) is 11.8 Å². The van der Waals surface area contributed by atoms with Crippen molar-refractivity contribution in [3.05, 3.63) is 29.8 Å². The Balaban J connectivity index is 1.29. The van der Waals surface area contributed by atoms with E-state index < -0.39 is 14.6 Å². The molecule has 2 aliphatic rings. The third-order valence-electron chi connectivity index (χ3n) is 8.99. The van der Waals surface area contributed by atoms with Gasteiger partial charge < -0.3 is 38.7 Å². The molecule has 1 aromatic carbocycles. The molecule has 44 heavy (non-hydrogen) atoms. The summed E-state index contributed by atoms with van der Waals surface area (Å²) in [5, 5.41) is 20.9. The van der Waals surface area contributed by atoms with Crippen LogP contribution in [0.2, 0.25) is 0 Å². The summed E-state index contributed by atoms with van der Waals surface area (Å²) in [6, 6.07) is 7.22. The highest BCUT2D eigenvalue weighted by atomic mass is 31.2. The van der Waals surface area contributed by atoms with Gasteiger partial charge in [0.15, 0.2) is 6.79 Å². The van der Waals surface area contributed by atoms with Crippen LogP contribution in [0.15, 0.2) is 24.3 Å². The van der Waals surface area contributed by atoms with Gasteiger partial charge in [0.1, 0.15) is 25.4 Å². The summed E-state index contributed by atoms with van der Waals surface area (Å²) in [5.41, 5.74) is 0.845. The molecule has 2 fully saturated rings. The quantitative estimate of drug-likeness (QED) is 0.0488. The molecule has 0 amide bonds. The monoisotopic (exact) mass is 644 g/mol. The van der Waals surface area contributed by atoms with Crippen molar-refractivity contribution >= 4 is 13.8 Å². The molecule has 1 heterocycles. The van der Waals surface area contributed by atoms with Crippen molar-refractivity contribution in [3.8, 4) is 5.75 Å². The minimum atomic E-state index is -4.62. The maximum atomic E-state index is 12.4. The molecule has 6 atom stereocenters. The van der Waals surface area contributed by atoms with Crippen LogP contribution in [0.1, 0.15) is 89.5 Å². The van der Waals surface area contributed by atoms with E-state index in [1.54, 1.807) is 12.1 Å². The Morgan fingerprint density at radius 1 is 1.09 bits per heavy atom. The van der Waals surface area contributed by atoms with Crippen LogP contribution in [0.3, 0.4) is 0 Å². The minimum Gasteiger partial charge on any atom is -0.466 e. The number of likely N-dealkylation sites (N-methyl/N-ethyl adjacent to an activating group) is 1. The molecular formula is C32H55NO10P+. The van der Waals surface area contributed by atoms with Crippen molar-refractivity contribution in [3.63, 3.8) is 0 Å². The van der Waals surface area contributed by atoms with Gasteiger partial charge in [-0.2, -0.15) is 0 Å². The van der Waals surface area contributed by atoms with Crippen LogP contribution in [0.5, 0.6) is 5.75 Å². The maximum Gasteiger partial charge on any atom is 0.472 e. The van der Waals surface area contributed by atoms with Gasteiger partial charge in [-0.1, -0.05) is 44.7 Å². The molecule has 3 rings (SSSR count). The summed E-state index contributed by atoms with van der Waals surface area (Å²) < 4.78 is 33.0. The van der Waals surface area contributed by atoms with Crippen LogP contribution in [0.25, 0.3) is 0 Å². The zero-order chi connectivity index (χ0) is 32.2. The van der Waals surface area contributed by atoms with E-state index in [9.17, 15) is 19.6 Å². The molecule has 252 valence electrons. The van der Waals surface area contributed by atoms with E-state index in [2.05, 4.69) is 11.4 Å². The van der Waals surface area contributed by atoms with Gasteiger partial charge in [-0.15, -0.1) is 0 Å². The van der Waals surface area contributed by atoms with Crippen LogP contribution < -0.4 is 4.74 Å². The lowest BCUT2D eigenvalue weighted by Crippen LogP contribution is -2.41. The molecule has 1 aliphatic carbocycles. The Morgan fingerprint density at radius 2 is 1.86 bits per heavy atom. The Hall–Kier alpha value is -1.56. The smallest absolute Gasteiger partial charge is 0.466 e. The molecule has 1 aromatic rings. The second kappa shape index (κ2) is 18.0. The van der Waals surface area contributed by atoms with Gasteiger partial charge in [-0.05, 0) is 62.5 Å². The number of quaternary nitrogens is 1. The lowest BCUT2D eigenvalue weighted by Gasteiger charge is -2.30. The highest BCUT2D eigenvalue weighted by Crippen LogP contribution is 2.46. The second-order valence-corrected chi connectivity index (χ2v) is 14.4. The van der Waals surface area contributed by atoms with Crippen molar-refractivity contribution in [2.24, 2.45) is 11.8 Å². The third kappa shape index (κ3) is 13.0. The van der Waals surface area contributed by atoms with Crippen LogP contribution in [-0.2, 0) is 29.9 Å². The SMILES string of the molecule is CCCCC[C@H](O)CC[C@@H]1[C@H]2C[C@@H](CCCCC(=O)OCC[N+](C)(C)Cc3ccccc3OCOP(=O)(O)O)O[C@H]2C[C@H]1O. The van der Waals surface area contributed by atoms with Crippen molar-refractivity contribution in [2.45, 2.75) is 115 Å². The summed E-state index contributed by atoms with van der Waals surface area (Å²) in [6.45, 7) is 3.02. The zero-order valence-electron chi connectivity index (χ0n) is 26.7. The number of carbonyl (C=O) groups excluding carboxylic acids is 1. The molecule has 4 N–H and O–H groups in total. The summed E-state index contributed by atoms with van der Waals surface area (Å²) in [7, 11) is -0.602. The van der Waals surface area contributed by atoms with E-state index in [1.165, 1.54) is 0 Å². The number of unbranched alkanes of at least 4 members (excludes halogenated alkanes) is 3. The fourth-order valence-electron chi connectivity index (χ4n) is 6.58. The number of fused-ring (bicyclic) bond motifs is 1. The number of phosphoric ester groups is 1. The summed E-state index contributed by atoms with van der Waals surface area (Å²) in [6.07, 6.45) is 9.95. The summed E-state index contributed by atoms with van der Waals surface area (Å²) in [4.78, 5) is 30.1. The predicted molar refractivity (Wildman–Crippen MR) is 165 cm³/mol. The minimum absolute atomic E-state index is 0.107. The first-order valence-electron chi connectivity index (χ1n) is 16.3. The number of hydrogen-bond donors (Lipinski definition) is 4. The van der Waals surface area contributed by atoms with Crippen LogP contribution >= 0.6 is 7.82 Å². The predicted octanol–water partition coefficient (Wildman–Crippen LogP) is 4.69. The van der Waals surface area contributed by atoms with Gasteiger partial charge in [0.25, 0.3) is 0 Å². The van der Waals surface area contributed by atoms with Gasteiger partial charge >= 0.3 is 13.8 Å². The number of rotatable bonds is 21. The zero-order valence-corrected chi connectivity index (χ0v) is 27.6. The molecule has 11 nitrogen and oxygen atoms in total. The normalized spacial score (nSPS) is 24.3.